The van der Waals surface area contributed by atoms with Crippen molar-refractivity contribution in [3.8, 4) is 0 Å². The number of hydrogen-bond donors (Lipinski definition) is 0. The Morgan fingerprint density at radius 1 is 1.40 bits per heavy atom. The number of nitrogens with zero attached hydrogens (tertiary/aromatic N) is 5. The minimum atomic E-state index is 0.0582. The van der Waals surface area contributed by atoms with Crippen LogP contribution in [0.15, 0.2) is 24.3 Å². The summed E-state index contributed by atoms with van der Waals surface area (Å²) in [5.41, 5.74) is 1.87. The fourth-order valence-electron chi connectivity index (χ4n) is 3.10. The molecule has 0 N–H and O–H groups in total. The number of aryl methyl sites for hydroxylation is 1. The van der Waals surface area contributed by atoms with Gasteiger partial charge in [0.2, 0.25) is 5.91 Å². The second-order valence-electron chi connectivity index (χ2n) is 6.42. The summed E-state index contributed by atoms with van der Waals surface area (Å²) in [6, 6.07) is 5.90. The number of aromatic nitrogens is 4. The number of carbonyl (C=O) groups excluding carboxylic acids is 1. The molecule has 0 spiro atoms. The van der Waals surface area contributed by atoms with Gasteiger partial charge in [-0.25, -0.2) is 0 Å². The molecule has 25 heavy (non-hydrogen) atoms. The molecule has 1 amide bonds. The van der Waals surface area contributed by atoms with Gasteiger partial charge in [-0.15, -0.1) is 10.2 Å². The molecular formula is C18H22ClN5O. The monoisotopic (exact) mass is 359 g/mol. The number of carbonyl (C=O) groups is 1. The van der Waals surface area contributed by atoms with E-state index in [9.17, 15) is 4.79 Å². The fraction of sp³-hybridized carbons (Fsp3) is 0.444. The Balaban J connectivity index is 1.78. The summed E-state index contributed by atoms with van der Waals surface area (Å²) in [5.74, 6) is 0.677. The van der Waals surface area contributed by atoms with E-state index in [0.717, 1.165) is 30.5 Å². The van der Waals surface area contributed by atoms with Crippen molar-refractivity contribution in [3.05, 3.63) is 46.2 Å². The number of benzene rings is 1. The number of amides is 1. The van der Waals surface area contributed by atoms with Gasteiger partial charge in [0.25, 0.3) is 0 Å². The van der Waals surface area contributed by atoms with E-state index in [1.54, 1.807) is 13.0 Å². The Kier molecular flexibility index (Phi) is 5.48. The normalized spacial score (nSPS) is 18.0. The summed E-state index contributed by atoms with van der Waals surface area (Å²) in [7, 11) is 0. The number of tetrazole rings is 1. The lowest BCUT2D eigenvalue weighted by Gasteiger charge is -2.32. The molecule has 0 saturated carbocycles. The maximum absolute atomic E-state index is 12.5. The van der Waals surface area contributed by atoms with Crippen LogP contribution in [0.4, 0.5) is 0 Å². The SMILES string of the molecule is Cc1nnn(Cc2cc(Cl)ccc2C=CC(=O)N2CCCC[C@H]2C)n1. The van der Waals surface area contributed by atoms with E-state index in [1.807, 2.05) is 29.2 Å². The maximum atomic E-state index is 12.5. The van der Waals surface area contributed by atoms with E-state index in [2.05, 4.69) is 22.3 Å². The van der Waals surface area contributed by atoms with Gasteiger partial charge in [0.1, 0.15) is 0 Å². The molecule has 1 aliphatic rings. The van der Waals surface area contributed by atoms with Crippen LogP contribution >= 0.6 is 11.6 Å². The first-order valence-corrected chi connectivity index (χ1v) is 8.92. The predicted molar refractivity (Wildman–Crippen MR) is 97.2 cm³/mol. The predicted octanol–water partition coefficient (Wildman–Crippen LogP) is 3.10. The van der Waals surface area contributed by atoms with Crippen molar-refractivity contribution in [2.75, 3.05) is 6.54 Å². The van der Waals surface area contributed by atoms with Crippen molar-refractivity contribution < 1.29 is 4.79 Å². The minimum absolute atomic E-state index is 0.0582. The van der Waals surface area contributed by atoms with E-state index < -0.39 is 0 Å². The van der Waals surface area contributed by atoms with E-state index in [1.165, 1.54) is 11.2 Å². The molecule has 7 heteroatoms. The van der Waals surface area contributed by atoms with Gasteiger partial charge >= 0.3 is 0 Å². The molecule has 6 nitrogen and oxygen atoms in total. The zero-order chi connectivity index (χ0) is 17.8. The van der Waals surface area contributed by atoms with E-state index in [-0.39, 0.29) is 5.91 Å². The highest BCUT2D eigenvalue weighted by Crippen LogP contribution is 2.20. The van der Waals surface area contributed by atoms with Crippen molar-refractivity contribution in [2.24, 2.45) is 0 Å². The molecule has 0 unspecified atom stereocenters. The average molecular weight is 360 g/mol. The Labute approximate surface area is 152 Å². The molecule has 1 fully saturated rings. The Bertz CT molecular complexity index is 786. The summed E-state index contributed by atoms with van der Waals surface area (Å²) < 4.78 is 0. The largest absolute Gasteiger partial charge is 0.336 e. The second kappa shape index (κ2) is 7.78. The highest BCUT2D eigenvalue weighted by molar-refractivity contribution is 6.30. The molecule has 0 bridgehead atoms. The van der Waals surface area contributed by atoms with Crippen molar-refractivity contribution in [1.82, 2.24) is 25.1 Å². The smallest absolute Gasteiger partial charge is 0.246 e. The van der Waals surface area contributed by atoms with Crippen LogP contribution in [0.5, 0.6) is 0 Å². The van der Waals surface area contributed by atoms with E-state index in [0.29, 0.717) is 23.4 Å². The van der Waals surface area contributed by atoms with Gasteiger partial charge in [0.15, 0.2) is 5.82 Å². The lowest BCUT2D eigenvalue weighted by atomic mass is 10.0. The van der Waals surface area contributed by atoms with Crippen LogP contribution < -0.4 is 0 Å². The molecule has 1 saturated heterocycles. The minimum Gasteiger partial charge on any atom is -0.336 e. The molecule has 1 aromatic heterocycles. The van der Waals surface area contributed by atoms with Gasteiger partial charge in [-0.2, -0.15) is 4.80 Å². The van der Waals surface area contributed by atoms with Gasteiger partial charge in [0.05, 0.1) is 6.54 Å². The number of hydrogen-bond acceptors (Lipinski definition) is 4. The fourth-order valence-corrected chi connectivity index (χ4v) is 3.29. The Morgan fingerprint density at radius 2 is 2.24 bits per heavy atom. The van der Waals surface area contributed by atoms with Crippen LogP contribution in [0, 0.1) is 6.92 Å². The lowest BCUT2D eigenvalue weighted by Crippen LogP contribution is -2.41. The zero-order valence-corrected chi connectivity index (χ0v) is 15.3. The average Bonchev–Trinajstić information content (AvgIpc) is 2.99. The quantitative estimate of drug-likeness (QED) is 0.787. The van der Waals surface area contributed by atoms with Crippen molar-refractivity contribution >= 4 is 23.6 Å². The molecule has 2 heterocycles. The van der Waals surface area contributed by atoms with Gasteiger partial charge in [0, 0.05) is 23.7 Å². The summed E-state index contributed by atoms with van der Waals surface area (Å²) in [5, 5.41) is 12.7. The van der Waals surface area contributed by atoms with Crippen LogP contribution in [0.1, 0.15) is 43.1 Å². The highest BCUT2D eigenvalue weighted by atomic mass is 35.5. The number of halogens is 1. The van der Waals surface area contributed by atoms with Crippen molar-refractivity contribution in [2.45, 2.75) is 45.7 Å². The third-order valence-electron chi connectivity index (χ3n) is 4.46. The molecule has 132 valence electrons. The lowest BCUT2D eigenvalue weighted by molar-refractivity contribution is -0.129. The summed E-state index contributed by atoms with van der Waals surface area (Å²) in [4.78, 5) is 16.0. The molecule has 1 aliphatic heterocycles. The Hall–Kier alpha value is -2.21. The van der Waals surface area contributed by atoms with Gasteiger partial charge in [-0.05, 0) is 67.7 Å². The summed E-state index contributed by atoms with van der Waals surface area (Å²) >= 11 is 6.13. The standard InChI is InChI=1S/C18H22ClN5O/c1-13-5-3-4-10-23(13)18(25)9-7-15-6-8-17(19)11-16(15)12-24-21-14(2)20-22-24/h6-9,11,13H,3-5,10,12H2,1-2H3/t13-/m1/s1. The van der Waals surface area contributed by atoms with Crippen LogP contribution in [0.3, 0.4) is 0 Å². The molecule has 3 rings (SSSR count). The third-order valence-corrected chi connectivity index (χ3v) is 4.70. The first-order chi connectivity index (χ1) is 12.0. The number of rotatable bonds is 4. The molecule has 0 radical (unpaired) electrons. The highest BCUT2D eigenvalue weighted by Gasteiger charge is 2.21. The van der Waals surface area contributed by atoms with Gasteiger partial charge in [-0.3, -0.25) is 4.79 Å². The van der Waals surface area contributed by atoms with E-state index >= 15 is 0 Å². The second-order valence-corrected chi connectivity index (χ2v) is 6.86. The maximum Gasteiger partial charge on any atom is 0.246 e. The topological polar surface area (TPSA) is 63.9 Å². The molecular weight excluding hydrogens is 338 g/mol. The third kappa shape index (κ3) is 4.45. The first-order valence-electron chi connectivity index (χ1n) is 8.54. The van der Waals surface area contributed by atoms with E-state index in [4.69, 9.17) is 11.6 Å². The van der Waals surface area contributed by atoms with Crippen molar-refractivity contribution in [3.63, 3.8) is 0 Å². The van der Waals surface area contributed by atoms with Gasteiger partial charge < -0.3 is 4.90 Å². The Morgan fingerprint density at radius 3 is 2.96 bits per heavy atom. The zero-order valence-electron chi connectivity index (χ0n) is 14.5. The van der Waals surface area contributed by atoms with Gasteiger partial charge in [-0.1, -0.05) is 17.7 Å². The molecule has 0 aliphatic carbocycles. The number of piperidine rings is 1. The molecule has 1 aromatic carbocycles. The summed E-state index contributed by atoms with van der Waals surface area (Å²) in [6.45, 7) is 5.19. The van der Waals surface area contributed by atoms with Crippen LogP contribution in [-0.4, -0.2) is 43.6 Å². The van der Waals surface area contributed by atoms with Crippen LogP contribution in [-0.2, 0) is 11.3 Å². The van der Waals surface area contributed by atoms with Crippen LogP contribution in [0.2, 0.25) is 5.02 Å². The summed E-state index contributed by atoms with van der Waals surface area (Å²) in [6.07, 6.45) is 6.84. The first kappa shape index (κ1) is 17.6. The number of likely N-dealkylation sites (tertiary alicyclic amines) is 1. The molecule has 2 aromatic rings. The molecule has 1 atom stereocenters. The van der Waals surface area contributed by atoms with Crippen LogP contribution in [0.25, 0.3) is 6.08 Å². The van der Waals surface area contributed by atoms with Crippen molar-refractivity contribution in [1.29, 1.82) is 0 Å².